The second-order valence-electron chi connectivity index (χ2n) is 6.26. The first-order valence-corrected chi connectivity index (χ1v) is 9.78. The van der Waals surface area contributed by atoms with Gasteiger partial charge in [-0.15, -0.1) is 0 Å². The van der Waals surface area contributed by atoms with Crippen LogP contribution in [-0.2, 0) is 9.84 Å². The van der Waals surface area contributed by atoms with Crippen LogP contribution in [0, 0.1) is 0 Å². The Hall–Kier alpha value is -1.60. The lowest BCUT2D eigenvalue weighted by molar-refractivity contribution is 0.0331. The van der Waals surface area contributed by atoms with E-state index >= 15 is 0 Å². The van der Waals surface area contributed by atoms with E-state index in [2.05, 4.69) is 11.8 Å². The summed E-state index contributed by atoms with van der Waals surface area (Å²) in [6.07, 6.45) is 0.955. The first-order chi connectivity index (χ1) is 10.9. The molecule has 0 saturated carbocycles. The van der Waals surface area contributed by atoms with Crippen LogP contribution in [0.5, 0.6) is 5.75 Å². The Labute approximate surface area is 136 Å². The molecule has 0 spiro atoms. The minimum absolute atomic E-state index is 0.0111. The van der Waals surface area contributed by atoms with Crippen LogP contribution in [0.1, 0.15) is 23.7 Å². The number of amides is 1. The number of benzene rings is 1. The number of hydrogen-bond donors (Lipinski definition) is 1. The number of fused-ring (bicyclic) bond motifs is 1. The van der Waals surface area contributed by atoms with Gasteiger partial charge in [0.1, 0.15) is 5.75 Å². The van der Waals surface area contributed by atoms with Crippen LogP contribution in [0.25, 0.3) is 0 Å². The van der Waals surface area contributed by atoms with Crippen LogP contribution < -0.4 is 0 Å². The van der Waals surface area contributed by atoms with Crippen molar-refractivity contribution in [1.29, 1.82) is 0 Å². The fraction of sp³-hybridized carbons (Fsp3) is 0.562. The number of phenols is 1. The van der Waals surface area contributed by atoms with Gasteiger partial charge in [0.25, 0.3) is 5.91 Å². The maximum atomic E-state index is 12.8. The molecule has 6 nitrogen and oxygen atoms in total. The lowest BCUT2D eigenvalue weighted by Gasteiger charge is -2.43. The molecule has 126 valence electrons. The van der Waals surface area contributed by atoms with Gasteiger partial charge in [-0.3, -0.25) is 9.69 Å². The van der Waals surface area contributed by atoms with Gasteiger partial charge in [0.2, 0.25) is 0 Å². The highest BCUT2D eigenvalue weighted by Gasteiger charge is 2.47. The van der Waals surface area contributed by atoms with E-state index in [1.807, 2.05) is 0 Å². The van der Waals surface area contributed by atoms with Crippen molar-refractivity contribution in [2.75, 3.05) is 31.1 Å². The summed E-state index contributed by atoms with van der Waals surface area (Å²) < 4.78 is 24.2. The Morgan fingerprint density at radius 3 is 2.61 bits per heavy atom. The summed E-state index contributed by atoms with van der Waals surface area (Å²) in [7, 11) is -3.14. The van der Waals surface area contributed by atoms with Crippen molar-refractivity contribution in [3.8, 4) is 5.75 Å². The SMILES string of the molecule is CCCN1CCN(C(=O)c2ccccc2O)[C@H]2CS(=O)(=O)C[C@H]21. The lowest BCUT2D eigenvalue weighted by atomic mass is 10.0. The minimum Gasteiger partial charge on any atom is -0.507 e. The molecule has 2 atom stereocenters. The van der Waals surface area contributed by atoms with Gasteiger partial charge >= 0.3 is 0 Å². The second-order valence-corrected chi connectivity index (χ2v) is 8.42. The molecule has 23 heavy (non-hydrogen) atoms. The zero-order valence-electron chi connectivity index (χ0n) is 13.2. The van der Waals surface area contributed by atoms with E-state index in [9.17, 15) is 18.3 Å². The van der Waals surface area contributed by atoms with Crippen molar-refractivity contribution in [3.63, 3.8) is 0 Å². The van der Waals surface area contributed by atoms with E-state index in [4.69, 9.17) is 0 Å². The number of para-hydroxylation sites is 1. The molecule has 3 rings (SSSR count). The van der Waals surface area contributed by atoms with Crippen LogP contribution in [0.2, 0.25) is 0 Å². The number of carbonyl (C=O) groups is 1. The van der Waals surface area contributed by atoms with Crippen molar-refractivity contribution in [3.05, 3.63) is 29.8 Å². The van der Waals surface area contributed by atoms with E-state index in [1.165, 1.54) is 6.07 Å². The number of carbonyl (C=O) groups excluding carboxylic acids is 1. The fourth-order valence-corrected chi connectivity index (χ4v) is 5.66. The molecule has 0 aliphatic carbocycles. The molecule has 1 N–H and O–H groups in total. The van der Waals surface area contributed by atoms with Crippen LogP contribution in [-0.4, -0.2) is 72.5 Å². The van der Waals surface area contributed by atoms with Crippen molar-refractivity contribution < 1.29 is 18.3 Å². The standard InChI is InChI=1S/C16H22N2O4S/c1-2-7-17-8-9-18(14-11-23(21,22)10-13(14)17)16(20)12-5-3-4-6-15(12)19/h3-6,13-14,19H,2,7-11H2,1H3/t13-,14+/m1/s1. The predicted molar refractivity (Wildman–Crippen MR) is 87.2 cm³/mol. The maximum Gasteiger partial charge on any atom is 0.257 e. The summed E-state index contributed by atoms with van der Waals surface area (Å²) in [4.78, 5) is 16.6. The molecule has 2 saturated heterocycles. The highest BCUT2D eigenvalue weighted by molar-refractivity contribution is 7.91. The second kappa shape index (κ2) is 6.13. The Kier molecular flexibility index (Phi) is 4.33. The molecular weight excluding hydrogens is 316 g/mol. The third kappa shape index (κ3) is 3.07. The summed E-state index contributed by atoms with van der Waals surface area (Å²) in [6.45, 7) is 4.07. The molecule has 2 heterocycles. The summed E-state index contributed by atoms with van der Waals surface area (Å²) in [6, 6.07) is 5.95. The number of piperazine rings is 1. The van der Waals surface area contributed by atoms with Gasteiger partial charge in [-0.1, -0.05) is 19.1 Å². The first-order valence-electron chi connectivity index (χ1n) is 7.96. The molecule has 7 heteroatoms. The Morgan fingerprint density at radius 1 is 1.22 bits per heavy atom. The zero-order valence-corrected chi connectivity index (χ0v) is 14.0. The summed E-state index contributed by atoms with van der Waals surface area (Å²) in [5.41, 5.74) is 0.236. The average Bonchev–Trinajstić information content (AvgIpc) is 2.83. The van der Waals surface area contributed by atoms with Gasteiger partial charge in [-0.05, 0) is 25.1 Å². The molecule has 1 aromatic carbocycles. The van der Waals surface area contributed by atoms with Gasteiger partial charge in [0.15, 0.2) is 9.84 Å². The average molecular weight is 338 g/mol. The minimum atomic E-state index is -3.14. The fourth-order valence-electron chi connectivity index (χ4n) is 3.65. The first kappa shape index (κ1) is 16.3. The van der Waals surface area contributed by atoms with Gasteiger partial charge in [0.05, 0.1) is 23.1 Å². The normalized spacial score (nSPS) is 26.9. The van der Waals surface area contributed by atoms with Crippen molar-refractivity contribution in [2.24, 2.45) is 0 Å². The summed E-state index contributed by atoms with van der Waals surface area (Å²) in [5.74, 6) is -0.225. The van der Waals surface area contributed by atoms with Gasteiger partial charge in [-0.25, -0.2) is 8.42 Å². The molecule has 0 radical (unpaired) electrons. The summed E-state index contributed by atoms with van der Waals surface area (Å²) in [5, 5.41) is 9.91. The molecular formula is C16H22N2O4S. The van der Waals surface area contributed by atoms with Crippen LogP contribution in [0.4, 0.5) is 0 Å². The van der Waals surface area contributed by atoms with Gasteiger partial charge in [-0.2, -0.15) is 0 Å². The molecule has 0 aromatic heterocycles. The number of sulfone groups is 1. The molecule has 2 aliphatic heterocycles. The topological polar surface area (TPSA) is 77.9 Å². The van der Waals surface area contributed by atoms with Gasteiger partial charge < -0.3 is 10.0 Å². The zero-order chi connectivity index (χ0) is 16.6. The van der Waals surface area contributed by atoms with Crippen molar-refractivity contribution in [2.45, 2.75) is 25.4 Å². The molecule has 0 unspecified atom stereocenters. The van der Waals surface area contributed by atoms with Crippen molar-refractivity contribution in [1.82, 2.24) is 9.80 Å². The highest BCUT2D eigenvalue weighted by atomic mass is 32.2. The smallest absolute Gasteiger partial charge is 0.257 e. The number of nitrogens with zero attached hydrogens (tertiary/aromatic N) is 2. The maximum absolute atomic E-state index is 12.8. The largest absolute Gasteiger partial charge is 0.507 e. The van der Waals surface area contributed by atoms with E-state index < -0.39 is 9.84 Å². The number of aromatic hydroxyl groups is 1. The molecule has 1 aromatic rings. The van der Waals surface area contributed by atoms with Crippen LogP contribution in [0.3, 0.4) is 0 Å². The van der Waals surface area contributed by atoms with Gasteiger partial charge in [0, 0.05) is 19.1 Å². The monoisotopic (exact) mass is 338 g/mol. The quantitative estimate of drug-likeness (QED) is 0.879. The molecule has 2 fully saturated rings. The number of hydrogen-bond acceptors (Lipinski definition) is 5. The van der Waals surface area contributed by atoms with E-state index in [-0.39, 0.29) is 40.8 Å². The third-order valence-corrected chi connectivity index (χ3v) is 6.40. The Morgan fingerprint density at radius 2 is 1.91 bits per heavy atom. The lowest BCUT2D eigenvalue weighted by Crippen LogP contribution is -2.60. The third-order valence-electron chi connectivity index (χ3n) is 4.70. The number of rotatable bonds is 3. The van der Waals surface area contributed by atoms with E-state index in [0.29, 0.717) is 13.1 Å². The summed E-state index contributed by atoms with van der Waals surface area (Å²) >= 11 is 0. The Balaban J connectivity index is 1.89. The van der Waals surface area contributed by atoms with Crippen molar-refractivity contribution >= 4 is 15.7 Å². The molecule has 1 amide bonds. The van der Waals surface area contributed by atoms with E-state index in [0.717, 1.165) is 13.0 Å². The number of phenolic OH excluding ortho intramolecular Hbond substituents is 1. The predicted octanol–water partition coefficient (Wildman–Crippen LogP) is 0.726. The van der Waals surface area contributed by atoms with Crippen LogP contribution >= 0.6 is 0 Å². The Bertz CT molecular complexity index is 704. The van der Waals surface area contributed by atoms with Crippen LogP contribution in [0.15, 0.2) is 24.3 Å². The molecule has 2 aliphatic rings. The highest BCUT2D eigenvalue weighted by Crippen LogP contribution is 2.29. The molecule has 0 bridgehead atoms. The van der Waals surface area contributed by atoms with E-state index in [1.54, 1.807) is 23.1 Å².